The smallest absolute Gasteiger partial charge is 0.320 e. The summed E-state index contributed by atoms with van der Waals surface area (Å²) in [7, 11) is 0. The van der Waals surface area contributed by atoms with E-state index in [4.69, 9.17) is 14.5 Å². The molecule has 1 amide bonds. The van der Waals surface area contributed by atoms with E-state index in [0.717, 1.165) is 23.4 Å². The van der Waals surface area contributed by atoms with Gasteiger partial charge in [0.25, 0.3) is 0 Å². The third-order valence-electron chi connectivity index (χ3n) is 6.56. The van der Waals surface area contributed by atoms with Crippen LogP contribution < -0.4 is 0 Å². The molecule has 9 heteroatoms. The Labute approximate surface area is 232 Å². The van der Waals surface area contributed by atoms with Crippen LogP contribution in [0.5, 0.6) is 0 Å². The van der Waals surface area contributed by atoms with E-state index >= 15 is 0 Å². The molecule has 1 aromatic heterocycles. The van der Waals surface area contributed by atoms with Crippen LogP contribution in [0.1, 0.15) is 57.5 Å². The van der Waals surface area contributed by atoms with Crippen molar-refractivity contribution < 1.29 is 23.9 Å². The zero-order valence-electron chi connectivity index (χ0n) is 23.7. The number of pyridine rings is 1. The number of benzene rings is 1. The standard InChI is InChI=1S/C30H42N4O5/c1-24(13-14-28(36)38-22-25-9-6-5-7-10-25)34-18-17-32(21-29(37)39-30(2,3)4)15-16-33(23-35)19-26-11-8-12-27(20-34)31-26/h5-12,23-24H,13-22H2,1-4H3. The molecule has 1 aliphatic heterocycles. The van der Waals surface area contributed by atoms with Crippen LogP contribution in [0, 0.1) is 0 Å². The monoisotopic (exact) mass is 538 g/mol. The summed E-state index contributed by atoms with van der Waals surface area (Å²) in [4.78, 5) is 47.6. The summed E-state index contributed by atoms with van der Waals surface area (Å²) in [5.41, 5.74) is 2.11. The largest absolute Gasteiger partial charge is 0.461 e. The molecule has 3 rings (SSSR count). The highest BCUT2D eigenvalue weighted by Crippen LogP contribution is 2.15. The molecule has 2 aromatic rings. The average molecular weight is 539 g/mol. The van der Waals surface area contributed by atoms with E-state index in [-0.39, 0.29) is 31.1 Å². The van der Waals surface area contributed by atoms with Crippen LogP contribution in [0.4, 0.5) is 0 Å². The highest BCUT2D eigenvalue weighted by Gasteiger charge is 2.23. The van der Waals surface area contributed by atoms with Crippen molar-refractivity contribution in [1.29, 1.82) is 0 Å². The quantitative estimate of drug-likeness (QED) is 0.354. The highest BCUT2D eigenvalue weighted by atomic mass is 16.6. The molecule has 1 atom stereocenters. The number of ether oxygens (including phenoxy) is 2. The molecular formula is C30H42N4O5. The number of carbonyl (C=O) groups is 3. The first kappa shape index (κ1) is 30.2. The number of hydrogen-bond donors (Lipinski definition) is 0. The lowest BCUT2D eigenvalue weighted by Crippen LogP contribution is -2.45. The number of carbonyl (C=O) groups excluding carboxylic acids is 3. The minimum absolute atomic E-state index is 0.0810. The summed E-state index contributed by atoms with van der Waals surface area (Å²) < 4.78 is 11.0. The molecule has 0 saturated heterocycles. The van der Waals surface area contributed by atoms with Crippen LogP contribution in [0.25, 0.3) is 0 Å². The maximum Gasteiger partial charge on any atom is 0.320 e. The minimum Gasteiger partial charge on any atom is -0.461 e. The summed E-state index contributed by atoms with van der Waals surface area (Å²) in [6.07, 6.45) is 1.78. The molecule has 0 saturated carbocycles. The van der Waals surface area contributed by atoms with Gasteiger partial charge in [0.15, 0.2) is 0 Å². The molecule has 2 bridgehead atoms. The van der Waals surface area contributed by atoms with Gasteiger partial charge in [-0.15, -0.1) is 0 Å². The van der Waals surface area contributed by atoms with Crippen molar-refractivity contribution in [3.63, 3.8) is 0 Å². The van der Waals surface area contributed by atoms with Crippen LogP contribution >= 0.6 is 0 Å². The first-order valence-electron chi connectivity index (χ1n) is 13.6. The summed E-state index contributed by atoms with van der Waals surface area (Å²) in [5, 5.41) is 0. The molecule has 1 aliphatic rings. The third kappa shape index (κ3) is 11.1. The second kappa shape index (κ2) is 14.7. The van der Waals surface area contributed by atoms with Gasteiger partial charge in [0.1, 0.15) is 12.2 Å². The first-order chi connectivity index (χ1) is 18.6. The van der Waals surface area contributed by atoms with Gasteiger partial charge in [-0.2, -0.15) is 0 Å². The highest BCUT2D eigenvalue weighted by molar-refractivity contribution is 5.72. The first-order valence-corrected chi connectivity index (χ1v) is 13.6. The average Bonchev–Trinajstić information content (AvgIpc) is 2.89. The van der Waals surface area contributed by atoms with Gasteiger partial charge in [0.05, 0.1) is 24.5 Å². The van der Waals surface area contributed by atoms with Gasteiger partial charge < -0.3 is 14.4 Å². The van der Waals surface area contributed by atoms with Gasteiger partial charge >= 0.3 is 11.9 Å². The lowest BCUT2D eigenvalue weighted by Gasteiger charge is -2.33. The van der Waals surface area contributed by atoms with Crippen molar-refractivity contribution in [1.82, 2.24) is 19.7 Å². The van der Waals surface area contributed by atoms with Crippen molar-refractivity contribution in [3.8, 4) is 0 Å². The maximum absolute atomic E-state index is 12.6. The number of rotatable bonds is 9. The van der Waals surface area contributed by atoms with E-state index in [0.29, 0.717) is 52.1 Å². The minimum atomic E-state index is -0.567. The van der Waals surface area contributed by atoms with Crippen molar-refractivity contribution in [3.05, 3.63) is 65.5 Å². The van der Waals surface area contributed by atoms with Gasteiger partial charge in [-0.3, -0.25) is 29.2 Å². The van der Waals surface area contributed by atoms with E-state index in [9.17, 15) is 14.4 Å². The van der Waals surface area contributed by atoms with Crippen molar-refractivity contribution in [2.24, 2.45) is 0 Å². The van der Waals surface area contributed by atoms with Gasteiger partial charge in [-0.1, -0.05) is 36.4 Å². The van der Waals surface area contributed by atoms with E-state index in [1.165, 1.54) is 0 Å². The van der Waals surface area contributed by atoms with Crippen LogP contribution in [0.15, 0.2) is 48.5 Å². The van der Waals surface area contributed by atoms with Crippen molar-refractivity contribution in [2.45, 2.75) is 71.9 Å². The Morgan fingerprint density at radius 1 is 0.949 bits per heavy atom. The normalized spacial score (nSPS) is 16.5. The van der Waals surface area contributed by atoms with Crippen LogP contribution in [0.3, 0.4) is 0 Å². The zero-order chi connectivity index (χ0) is 28.3. The molecule has 9 nitrogen and oxygen atoms in total. The number of aromatic nitrogens is 1. The van der Waals surface area contributed by atoms with Gasteiger partial charge in [-0.25, -0.2) is 0 Å². The number of hydrogen-bond acceptors (Lipinski definition) is 8. The van der Waals surface area contributed by atoms with Crippen LogP contribution in [-0.2, 0) is 43.6 Å². The predicted molar refractivity (Wildman–Crippen MR) is 148 cm³/mol. The Hall–Kier alpha value is -3.30. The molecule has 212 valence electrons. The molecule has 1 unspecified atom stereocenters. The van der Waals surface area contributed by atoms with Crippen molar-refractivity contribution in [2.75, 3.05) is 32.7 Å². The second-order valence-corrected chi connectivity index (χ2v) is 11.1. The van der Waals surface area contributed by atoms with Crippen LogP contribution in [-0.4, -0.2) is 82.4 Å². The number of amides is 1. The van der Waals surface area contributed by atoms with Crippen LogP contribution in [0.2, 0.25) is 0 Å². The Balaban J connectivity index is 1.67. The topological polar surface area (TPSA) is 92.3 Å². The molecule has 0 spiro atoms. The number of fused-ring (bicyclic) bond motifs is 2. The Bertz CT molecular complexity index is 1070. The molecule has 39 heavy (non-hydrogen) atoms. The van der Waals surface area contributed by atoms with Crippen molar-refractivity contribution >= 4 is 18.3 Å². The zero-order valence-corrected chi connectivity index (χ0v) is 23.7. The molecule has 0 fully saturated rings. The summed E-state index contributed by atoms with van der Waals surface area (Å²) in [6, 6.07) is 15.6. The molecule has 2 heterocycles. The fraction of sp³-hybridized carbons (Fsp3) is 0.533. The van der Waals surface area contributed by atoms with Gasteiger partial charge in [0, 0.05) is 45.2 Å². The van der Waals surface area contributed by atoms with Gasteiger partial charge in [-0.05, 0) is 51.8 Å². The SMILES string of the molecule is CC(CCC(=O)OCc1ccccc1)N1CCN(CC(=O)OC(C)(C)C)CCN(C=O)Cc2cccc(n2)C1. The van der Waals surface area contributed by atoms with E-state index in [2.05, 4.69) is 11.8 Å². The maximum atomic E-state index is 12.6. The Kier molecular flexibility index (Phi) is 11.4. The fourth-order valence-corrected chi connectivity index (χ4v) is 4.43. The number of esters is 2. The predicted octanol–water partition coefficient (Wildman–Crippen LogP) is 3.41. The van der Waals surface area contributed by atoms with E-state index < -0.39 is 5.60 Å². The summed E-state index contributed by atoms with van der Waals surface area (Å²) in [5.74, 6) is -0.513. The molecule has 0 N–H and O–H groups in total. The lowest BCUT2D eigenvalue weighted by atomic mass is 10.1. The van der Waals surface area contributed by atoms with Gasteiger partial charge in [0.2, 0.25) is 6.41 Å². The van der Waals surface area contributed by atoms with E-state index in [1.807, 2.05) is 74.2 Å². The summed E-state index contributed by atoms with van der Waals surface area (Å²) >= 11 is 0. The third-order valence-corrected chi connectivity index (χ3v) is 6.56. The fourth-order valence-electron chi connectivity index (χ4n) is 4.43. The second-order valence-electron chi connectivity index (χ2n) is 11.1. The lowest BCUT2D eigenvalue weighted by molar-refractivity contribution is -0.156. The Morgan fingerprint density at radius 3 is 2.33 bits per heavy atom. The molecule has 0 aliphatic carbocycles. The number of nitrogens with zero attached hydrogens (tertiary/aromatic N) is 4. The molecular weight excluding hydrogens is 496 g/mol. The molecule has 1 aromatic carbocycles. The molecule has 0 radical (unpaired) electrons. The van der Waals surface area contributed by atoms with E-state index in [1.54, 1.807) is 4.90 Å². The summed E-state index contributed by atoms with van der Waals surface area (Å²) in [6.45, 7) is 11.3. The Morgan fingerprint density at radius 2 is 1.64 bits per heavy atom.